The van der Waals surface area contributed by atoms with Crippen molar-refractivity contribution in [3.8, 4) is 28.7 Å². The van der Waals surface area contributed by atoms with Crippen LogP contribution in [0.3, 0.4) is 0 Å². The molecule has 266 valence electrons. The fraction of sp³-hybridized carbons (Fsp3) is 0.257. The molecule has 0 atom stereocenters. The number of amides is 2. The number of pyridine rings is 1. The lowest BCUT2D eigenvalue weighted by Gasteiger charge is -2.26. The van der Waals surface area contributed by atoms with E-state index in [4.69, 9.17) is 34.6 Å². The molecule has 0 saturated carbocycles. The summed E-state index contributed by atoms with van der Waals surface area (Å²) in [4.78, 5) is 41.2. The second-order valence-electron chi connectivity index (χ2n) is 10.3. The molecule has 50 heavy (non-hydrogen) atoms. The number of hydrogen-bond acceptors (Lipinski definition) is 9. The third-order valence-corrected chi connectivity index (χ3v) is 6.89. The number of methoxy groups -OCH3 is 3. The van der Waals surface area contributed by atoms with Crippen LogP contribution in [0.4, 0.5) is 18.9 Å². The molecule has 4 aromatic rings. The lowest BCUT2D eigenvalue weighted by molar-refractivity contribution is -0.192. The second-order valence-corrected chi connectivity index (χ2v) is 10.3. The van der Waals surface area contributed by atoms with Gasteiger partial charge in [0, 0.05) is 25.6 Å². The van der Waals surface area contributed by atoms with E-state index in [-0.39, 0.29) is 37.7 Å². The van der Waals surface area contributed by atoms with Crippen LogP contribution in [0.25, 0.3) is 0 Å². The van der Waals surface area contributed by atoms with E-state index in [0.717, 1.165) is 16.8 Å². The van der Waals surface area contributed by atoms with Crippen LogP contribution < -0.4 is 34.9 Å². The van der Waals surface area contributed by atoms with E-state index < -0.39 is 12.1 Å². The van der Waals surface area contributed by atoms with Gasteiger partial charge < -0.3 is 40.0 Å². The maximum Gasteiger partial charge on any atom is 0.490 e. The van der Waals surface area contributed by atoms with Crippen LogP contribution in [0, 0.1) is 0 Å². The van der Waals surface area contributed by atoms with Gasteiger partial charge in [0.05, 0.1) is 45.8 Å². The Balaban J connectivity index is 0.000000872. The molecule has 2 amide bonds. The number of aromatic nitrogens is 1. The number of carboxylic acids is 1. The van der Waals surface area contributed by atoms with Crippen LogP contribution >= 0.6 is 0 Å². The van der Waals surface area contributed by atoms with Gasteiger partial charge in [0.25, 0.3) is 0 Å². The number of carbonyl (C=O) groups excluding carboxylic acids is 2. The molecule has 3 aromatic carbocycles. The number of hydrogen-bond donors (Lipinski definition) is 3. The predicted octanol–water partition coefficient (Wildman–Crippen LogP) is 5.62. The van der Waals surface area contributed by atoms with E-state index in [9.17, 15) is 22.8 Å². The van der Waals surface area contributed by atoms with E-state index in [2.05, 4.69) is 10.3 Å². The molecular weight excluding hydrogens is 661 g/mol. The van der Waals surface area contributed by atoms with Gasteiger partial charge in [0.15, 0.2) is 17.2 Å². The Hall–Kier alpha value is -5.83. The summed E-state index contributed by atoms with van der Waals surface area (Å²) in [6.45, 7) is 0.795. The fourth-order valence-electron chi connectivity index (χ4n) is 4.48. The molecule has 15 heteroatoms. The second kappa shape index (κ2) is 18.6. The van der Waals surface area contributed by atoms with Gasteiger partial charge in [0.1, 0.15) is 5.75 Å². The van der Waals surface area contributed by atoms with Gasteiger partial charge in [-0.1, -0.05) is 30.3 Å². The van der Waals surface area contributed by atoms with Crippen LogP contribution in [0.2, 0.25) is 0 Å². The number of benzene rings is 3. The minimum atomic E-state index is -5.08. The number of carboxylic acid groups (broad SMARTS) is 1. The van der Waals surface area contributed by atoms with Crippen molar-refractivity contribution in [1.82, 2.24) is 10.3 Å². The predicted molar refractivity (Wildman–Crippen MR) is 177 cm³/mol. The highest BCUT2D eigenvalue weighted by Gasteiger charge is 2.38. The summed E-state index contributed by atoms with van der Waals surface area (Å²) >= 11 is 0. The number of alkyl halides is 3. The molecule has 0 spiro atoms. The van der Waals surface area contributed by atoms with E-state index in [1.54, 1.807) is 35.4 Å². The first-order chi connectivity index (χ1) is 23.9. The average Bonchev–Trinajstić information content (AvgIpc) is 3.12. The zero-order valence-electron chi connectivity index (χ0n) is 27.5. The van der Waals surface area contributed by atoms with Crippen LogP contribution in [-0.4, -0.2) is 55.4 Å². The highest BCUT2D eigenvalue weighted by atomic mass is 19.4. The third-order valence-electron chi connectivity index (χ3n) is 6.89. The Morgan fingerprint density at radius 1 is 0.840 bits per heavy atom. The van der Waals surface area contributed by atoms with Crippen molar-refractivity contribution in [1.29, 1.82) is 0 Å². The number of aliphatic carboxylic acids is 1. The van der Waals surface area contributed by atoms with Crippen molar-refractivity contribution >= 4 is 23.5 Å². The minimum absolute atomic E-state index is 0.00100. The quantitative estimate of drug-likeness (QED) is 0.151. The highest BCUT2D eigenvalue weighted by molar-refractivity contribution is 5.96. The number of nitrogens with one attached hydrogen (secondary N) is 1. The average molecular weight is 699 g/mol. The topological polar surface area (TPSA) is 163 Å². The molecule has 0 saturated heterocycles. The Bertz CT molecular complexity index is 1710. The summed E-state index contributed by atoms with van der Waals surface area (Å²) in [5.74, 6) is -0.861. The molecule has 1 aromatic heterocycles. The van der Waals surface area contributed by atoms with E-state index in [0.29, 0.717) is 41.0 Å². The number of halogens is 3. The summed E-state index contributed by atoms with van der Waals surface area (Å²) in [5, 5.41) is 9.95. The Morgan fingerprint density at radius 2 is 1.50 bits per heavy atom. The lowest BCUT2D eigenvalue weighted by atomic mass is 10.1. The first-order valence-corrected chi connectivity index (χ1v) is 15.0. The van der Waals surface area contributed by atoms with Gasteiger partial charge in [-0.25, -0.2) is 4.79 Å². The standard InChI is InChI=1S/C33H36N4O6.C2HF3O2/c1-40-29-18-24(19-30(41-2)33(29)42-3)22-37(32(39)15-14-31(38)36-21-25-10-6-7-16-35-25)27-12-4-5-13-28(27)43-26-11-8-9-23(17-26)20-34;3-2(4,5)1(6)7/h4-13,16-19H,14-15,20-22,34H2,1-3H3,(H,36,38);(H,6,7). The summed E-state index contributed by atoms with van der Waals surface area (Å²) in [6, 6.07) is 23.8. The van der Waals surface area contributed by atoms with Crippen LogP contribution in [0.5, 0.6) is 28.7 Å². The molecule has 0 aliphatic rings. The molecule has 4 N–H and O–H groups in total. The molecule has 0 bridgehead atoms. The van der Waals surface area contributed by atoms with Crippen LogP contribution in [-0.2, 0) is 34.0 Å². The molecule has 0 unspecified atom stereocenters. The summed E-state index contributed by atoms with van der Waals surface area (Å²) < 4.78 is 54.5. The first kappa shape index (κ1) is 38.6. The van der Waals surface area contributed by atoms with Crippen molar-refractivity contribution in [3.63, 3.8) is 0 Å². The van der Waals surface area contributed by atoms with Crippen LogP contribution in [0.15, 0.2) is 85.1 Å². The number of para-hydroxylation sites is 2. The number of nitrogens with zero attached hydrogens (tertiary/aromatic N) is 2. The smallest absolute Gasteiger partial charge is 0.490 e. The zero-order chi connectivity index (χ0) is 36.7. The van der Waals surface area contributed by atoms with E-state index in [1.807, 2.05) is 54.6 Å². The van der Waals surface area contributed by atoms with E-state index in [1.165, 1.54) is 21.3 Å². The zero-order valence-corrected chi connectivity index (χ0v) is 27.5. The lowest BCUT2D eigenvalue weighted by Crippen LogP contribution is -2.32. The maximum atomic E-state index is 13.8. The van der Waals surface area contributed by atoms with Gasteiger partial charge in [0.2, 0.25) is 17.6 Å². The number of nitrogens with two attached hydrogens (primary N) is 1. The van der Waals surface area contributed by atoms with Gasteiger partial charge in [-0.15, -0.1) is 0 Å². The van der Waals surface area contributed by atoms with Crippen molar-refractivity contribution in [2.75, 3.05) is 26.2 Å². The first-order valence-electron chi connectivity index (χ1n) is 15.0. The van der Waals surface area contributed by atoms with Crippen molar-refractivity contribution in [2.24, 2.45) is 5.73 Å². The fourth-order valence-corrected chi connectivity index (χ4v) is 4.48. The Labute approximate surface area is 286 Å². The van der Waals surface area contributed by atoms with Crippen LogP contribution in [0.1, 0.15) is 29.7 Å². The molecule has 0 fully saturated rings. The molecule has 4 rings (SSSR count). The van der Waals surface area contributed by atoms with Gasteiger partial charge >= 0.3 is 12.1 Å². The van der Waals surface area contributed by atoms with Crippen molar-refractivity contribution in [2.45, 2.75) is 38.7 Å². The Morgan fingerprint density at radius 3 is 2.08 bits per heavy atom. The molecule has 0 radical (unpaired) electrons. The number of rotatable bonds is 14. The minimum Gasteiger partial charge on any atom is -0.493 e. The largest absolute Gasteiger partial charge is 0.493 e. The number of ether oxygens (including phenoxy) is 4. The number of carbonyl (C=O) groups is 3. The van der Waals surface area contributed by atoms with Crippen molar-refractivity contribution in [3.05, 3.63) is 102 Å². The summed E-state index contributed by atoms with van der Waals surface area (Å²) in [5.41, 5.74) is 8.73. The van der Waals surface area contributed by atoms with Gasteiger partial charge in [-0.3, -0.25) is 14.6 Å². The summed E-state index contributed by atoms with van der Waals surface area (Å²) in [6.07, 6.45) is -3.45. The summed E-state index contributed by atoms with van der Waals surface area (Å²) in [7, 11) is 4.60. The normalized spacial score (nSPS) is 10.6. The Kier molecular flexibility index (Phi) is 14.4. The maximum absolute atomic E-state index is 13.8. The number of anilines is 1. The van der Waals surface area contributed by atoms with Crippen molar-refractivity contribution < 1.29 is 51.6 Å². The molecule has 12 nitrogen and oxygen atoms in total. The monoisotopic (exact) mass is 698 g/mol. The molecule has 1 heterocycles. The van der Waals surface area contributed by atoms with E-state index >= 15 is 0 Å². The van der Waals surface area contributed by atoms with Gasteiger partial charge in [-0.2, -0.15) is 13.2 Å². The molecule has 0 aliphatic carbocycles. The molecular formula is C35H37F3N4O8. The highest BCUT2D eigenvalue weighted by Crippen LogP contribution is 2.40. The molecule has 0 aliphatic heterocycles. The third kappa shape index (κ3) is 11.4. The SMILES string of the molecule is COc1cc(CN(C(=O)CCC(=O)NCc2ccccn2)c2ccccc2Oc2cccc(CN)c2)cc(OC)c1OC.O=C(O)C(F)(F)F. The van der Waals surface area contributed by atoms with Gasteiger partial charge in [-0.05, 0) is 59.7 Å².